The average molecular weight is 242 g/mol. The molecule has 80 valence electrons. The van der Waals surface area contributed by atoms with Gasteiger partial charge in [-0.05, 0) is 30.7 Å². The van der Waals surface area contributed by atoms with Gasteiger partial charge in [-0.1, -0.05) is 11.6 Å². The zero-order chi connectivity index (χ0) is 11.3. The summed E-state index contributed by atoms with van der Waals surface area (Å²) in [5.41, 5.74) is 1.02. The molecule has 0 radical (unpaired) electrons. The lowest BCUT2D eigenvalue weighted by Gasteiger charge is -2.07. The third kappa shape index (κ3) is 4.13. The van der Waals surface area contributed by atoms with Crippen LogP contribution in [0.15, 0.2) is 23.1 Å². The van der Waals surface area contributed by atoms with Crippen molar-refractivity contribution in [1.29, 1.82) is 5.26 Å². The van der Waals surface area contributed by atoms with Crippen LogP contribution in [0.1, 0.15) is 12.0 Å². The molecule has 1 aromatic carbocycles. The van der Waals surface area contributed by atoms with Crippen LogP contribution in [0.3, 0.4) is 0 Å². The number of benzene rings is 1. The summed E-state index contributed by atoms with van der Waals surface area (Å²) in [4.78, 5) is 1.06. The van der Waals surface area contributed by atoms with Gasteiger partial charge in [-0.3, -0.25) is 0 Å². The Morgan fingerprint density at radius 3 is 2.93 bits per heavy atom. The molecule has 1 N–H and O–H groups in total. The number of aryl methyl sites for hydroxylation is 1. The molecule has 1 unspecified atom stereocenters. The first-order chi connectivity index (χ1) is 7.13. The first kappa shape index (κ1) is 12.4. The lowest BCUT2D eigenvalue weighted by atomic mass is 10.2. The van der Waals surface area contributed by atoms with Gasteiger partial charge in [0.05, 0.1) is 18.6 Å². The fourth-order valence-corrected chi connectivity index (χ4v) is 2.11. The van der Waals surface area contributed by atoms with Crippen LogP contribution in [-0.4, -0.2) is 17.0 Å². The normalized spacial score (nSPS) is 12.1. The number of aliphatic hydroxyl groups is 1. The molecule has 1 aromatic rings. The van der Waals surface area contributed by atoms with Crippen molar-refractivity contribution < 1.29 is 5.11 Å². The minimum Gasteiger partial charge on any atom is -0.391 e. The molecular formula is C11H12ClNOS. The molecule has 0 aliphatic heterocycles. The Morgan fingerprint density at radius 2 is 2.33 bits per heavy atom. The lowest BCUT2D eigenvalue weighted by Crippen LogP contribution is -2.07. The van der Waals surface area contributed by atoms with Gasteiger partial charge in [0.1, 0.15) is 0 Å². The molecule has 0 bridgehead atoms. The standard InChI is InChI=1S/C11H12ClNOS/c1-8-6-10(2-3-11(8)12)15-7-9(14)4-5-13/h2-3,6,9,14H,4,7H2,1H3. The minimum absolute atomic E-state index is 0.180. The van der Waals surface area contributed by atoms with Gasteiger partial charge in [-0.15, -0.1) is 11.8 Å². The highest BCUT2D eigenvalue weighted by Gasteiger charge is 2.05. The summed E-state index contributed by atoms with van der Waals surface area (Å²) in [6, 6.07) is 7.68. The Kier molecular flexibility index (Phi) is 4.97. The van der Waals surface area contributed by atoms with Crippen molar-refractivity contribution in [3.8, 4) is 6.07 Å². The Balaban J connectivity index is 2.51. The van der Waals surface area contributed by atoms with Gasteiger partial charge in [0.15, 0.2) is 0 Å². The Labute approximate surface area is 98.9 Å². The smallest absolute Gasteiger partial charge is 0.0763 e. The molecule has 2 nitrogen and oxygen atoms in total. The van der Waals surface area contributed by atoms with Gasteiger partial charge in [-0.2, -0.15) is 5.26 Å². The van der Waals surface area contributed by atoms with Gasteiger partial charge in [-0.25, -0.2) is 0 Å². The van der Waals surface area contributed by atoms with Crippen LogP contribution in [-0.2, 0) is 0 Å². The largest absolute Gasteiger partial charge is 0.391 e. The van der Waals surface area contributed by atoms with Crippen molar-refractivity contribution in [2.45, 2.75) is 24.3 Å². The molecule has 0 aliphatic rings. The number of hydrogen-bond acceptors (Lipinski definition) is 3. The van der Waals surface area contributed by atoms with Crippen LogP contribution in [0.2, 0.25) is 5.02 Å². The third-order valence-corrected chi connectivity index (χ3v) is 3.46. The summed E-state index contributed by atoms with van der Waals surface area (Å²) in [6.45, 7) is 1.94. The van der Waals surface area contributed by atoms with E-state index in [4.69, 9.17) is 16.9 Å². The number of thioether (sulfide) groups is 1. The summed E-state index contributed by atoms with van der Waals surface area (Å²) < 4.78 is 0. The Bertz CT molecular complexity index is 375. The first-order valence-electron chi connectivity index (χ1n) is 4.57. The monoisotopic (exact) mass is 241 g/mol. The van der Waals surface area contributed by atoms with Crippen LogP contribution >= 0.6 is 23.4 Å². The van der Waals surface area contributed by atoms with Crippen molar-refractivity contribution in [3.05, 3.63) is 28.8 Å². The van der Waals surface area contributed by atoms with Crippen LogP contribution in [0.5, 0.6) is 0 Å². The van der Waals surface area contributed by atoms with E-state index in [-0.39, 0.29) is 6.42 Å². The molecule has 0 aromatic heterocycles. The summed E-state index contributed by atoms with van der Waals surface area (Å²) in [5, 5.41) is 18.5. The second kappa shape index (κ2) is 6.02. The molecule has 4 heteroatoms. The SMILES string of the molecule is Cc1cc(SCC(O)CC#N)ccc1Cl. The van der Waals surface area contributed by atoms with E-state index < -0.39 is 6.10 Å². The summed E-state index contributed by atoms with van der Waals surface area (Å²) in [5.74, 6) is 0.536. The van der Waals surface area contributed by atoms with E-state index in [1.54, 1.807) is 0 Å². The number of nitriles is 1. The minimum atomic E-state index is -0.559. The molecule has 0 amide bonds. The number of halogens is 1. The van der Waals surface area contributed by atoms with Crippen LogP contribution < -0.4 is 0 Å². The van der Waals surface area contributed by atoms with E-state index in [2.05, 4.69) is 0 Å². The highest BCUT2D eigenvalue weighted by molar-refractivity contribution is 7.99. The van der Waals surface area contributed by atoms with E-state index in [0.717, 1.165) is 15.5 Å². The van der Waals surface area contributed by atoms with Crippen molar-refractivity contribution in [2.75, 3.05) is 5.75 Å². The maximum absolute atomic E-state index is 9.36. The van der Waals surface area contributed by atoms with E-state index in [1.807, 2.05) is 31.2 Å². The predicted molar refractivity (Wildman–Crippen MR) is 63.1 cm³/mol. The second-order valence-electron chi connectivity index (χ2n) is 3.24. The molecule has 0 aliphatic carbocycles. The van der Waals surface area contributed by atoms with E-state index >= 15 is 0 Å². The van der Waals surface area contributed by atoms with Crippen molar-refractivity contribution >= 4 is 23.4 Å². The maximum Gasteiger partial charge on any atom is 0.0763 e. The molecule has 0 fully saturated rings. The average Bonchev–Trinajstić information content (AvgIpc) is 2.20. The van der Waals surface area contributed by atoms with Crippen molar-refractivity contribution in [3.63, 3.8) is 0 Å². The molecule has 0 saturated carbocycles. The summed E-state index contributed by atoms with van der Waals surface area (Å²) in [6.07, 6.45) is -0.379. The molecule has 15 heavy (non-hydrogen) atoms. The fourth-order valence-electron chi connectivity index (χ4n) is 1.06. The quantitative estimate of drug-likeness (QED) is 0.825. The third-order valence-electron chi connectivity index (χ3n) is 1.90. The fraction of sp³-hybridized carbons (Fsp3) is 0.364. The van der Waals surface area contributed by atoms with Crippen molar-refractivity contribution in [1.82, 2.24) is 0 Å². The topological polar surface area (TPSA) is 44.0 Å². The highest BCUT2D eigenvalue weighted by atomic mass is 35.5. The first-order valence-corrected chi connectivity index (χ1v) is 5.94. The maximum atomic E-state index is 9.36. The van der Waals surface area contributed by atoms with E-state index in [1.165, 1.54) is 11.8 Å². The van der Waals surface area contributed by atoms with Gasteiger partial charge in [0.2, 0.25) is 0 Å². The van der Waals surface area contributed by atoms with Crippen molar-refractivity contribution in [2.24, 2.45) is 0 Å². The predicted octanol–water partition coefficient (Wildman–Crippen LogP) is 3.02. The summed E-state index contributed by atoms with van der Waals surface area (Å²) in [7, 11) is 0. The lowest BCUT2D eigenvalue weighted by molar-refractivity contribution is 0.205. The van der Waals surface area contributed by atoms with E-state index in [9.17, 15) is 5.11 Å². The Morgan fingerprint density at radius 1 is 1.60 bits per heavy atom. The molecule has 0 saturated heterocycles. The van der Waals surface area contributed by atoms with Gasteiger partial charge < -0.3 is 5.11 Å². The summed E-state index contributed by atoms with van der Waals surface area (Å²) >= 11 is 7.42. The highest BCUT2D eigenvalue weighted by Crippen LogP contribution is 2.24. The van der Waals surface area contributed by atoms with Crippen LogP contribution in [0.4, 0.5) is 0 Å². The molecule has 1 rings (SSSR count). The zero-order valence-corrected chi connectivity index (χ0v) is 9.98. The molecule has 0 heterocycles. The Hall–Kier alpha value is -0.690. The second-order valence-corrected chi connectivity index (χ2v) is 4.74. The van der Waals surface area contributed by atoms with Gasteiger partial charge >= 0.3 is 0 Å². The molecular weight excluding hydrogens is 230 g/mol. The van der Waals surface area contributed by atoms with Crippen LogP contribution in [0.25, 0.3) is 0 Å². The number of aliphatic hydroxyl groups excluding tert-OH is 1. The molecule has 0 spiro atoms. The molecule has 1 atom stereocenters. The van der Waals surface area contributed by atoms with Gasteiger partial charge in [0, 0.05) is 15.7 Å². The van der Waals surface area contributed by atoms with Crippen LogP contribution in [0, 0.1) is 18.3 Å². The number of rotatable bonds is 4. The van der Waals surface area contributed by atoms with Gasteiger partial charge in [0.25, 0.3) is 0 Å². The van der Waals surface area contributed by atoms with E-state index in [0.29, 0.717) is 5.75 Å². The number of hydrogen-bond donors (Lipinski definition) is 1. The zero-order valence-electron chi connectivity index (χ0n) is 8.40. The number of nitrogens with zero attached hydrogens (tertiary/aromatic N) is 1.